The summed E-state index contributed by atoms with van der Waals surface area (Å²) >= 11 is 2.09. The SMILES string of the molecule is CO[C@H](CCCC(C)C)CCCN1CCSCC1. The van der Waals surface area contributed by atoms with Gasteiger partial charge in [0, 0.05) is 31.7 Å². The van der Waals surface area contributed by atoms with E-state index < -0.39 is 0 Å². The zero-order chi connectivity index (χ0) is 13.2. The Bertz CT molecular complexity index is 193. The molecule has 3 heteroatoms. The monoisotopic (exact) mass is 273 g/mol. The number of hydrogen-bond acceptors (Lipinski definition) is 3. The van der Waals surface area contributed by atoms with Crippen LogP contribution in [0, 0.1) is 5.92 Å². The average molecular weight is 273 g/mol. The molecule has 18 heavy (non-hydrogen) atoms. The maximum atomic E-state index is 5.60. The van der Waals surface area contributed by atoms with E-state index in [2.05, 4.69) is 30.5 Å². The van der Waals surface area contributed by atoms with Crippen molar-refractivity contribution >= 4 is 11.8 Å². The second-order valence-corrected chi connectivity index (χ2v) is 7.00. The highest BCUT2D eigenvalue weighted by Crippen LogP contribution is 2.15. The Balaban J connectivity index is 2.03. The van der Waals surface area contributed by atoms with Gasteiger partial charge in [0.05, 0.1) is 6.10 Å². The van der Waals surface area contributed by atoms with E-state index in [1.165, 1.54) is 63.2 Å². The van der Waals surface area contributed by atoms with Crippen molar-refractivity contribution < 1.29 is 4.74 Å². The van der Waals surface area contributed by atoms with E-state index in [9.17, 15) is 0 Å². The predicted octanol–water partition coefficient (Wildman–Crippen LogP) is 3.66. The molecule has 1 fully saturated rings. The molecule has 0 amide bonds. The molecule has 0 unspecified atom stereocenters. The Labute approximate surface area is 118 Å². The van der Waals surface area contributed by atoms with Gasteiger partial charge in [0.25, 0.3) is 0 Å². The Morgan fingerprint density at radius 3 is 2.33 bits per heavy atom. The third-order valence-corrected chi connectivity index (χ3v) is 4.69. The second-order valence-electron chi connectivity index (χ2n) is 5.78. The molecular weight excluding hydrogens is 242 g/mol. The maximum Gasteiger partial charge on any atom is 0.0571 e. The molecular formula is C15H31NOS. The highest BCUT2D eigenvalue weighted by atomic mass is 32.2. The first kappa shape index (κ1) is 16.3. The van der Waals surface area contributed by atoms with Crippen LogP contribution in [0.2, 0.25) is 0 Å². The number of thioether (sulfide) groups is 1. The zero-order valence-corrected chi connectivity index (χ0v) is 13.3. The van der Waals surface area contributed by atoms with Crippen LogP contribution in [0.3, 0.4) is 0 Å². The van der Waals surface area contributed by atoms with Crippen molar-refractivity contribution in [1.82, 2.24) is 4.90 Å². The van der Waals surface area contributed by atoms with Gasteiger partial charge in [0.1, 0.15) is 0 Å². The third kappa shape index (κ3) is 7.65. The van der Waals surface area contributed by atoms with Crippen molar-refractivity contribution in [2.75, 3.05) is 38.2 Å². The molecule has 1 heterocycles. The van der Waals surface area contributed by atoms with Crippen LogP contribution in [-0.2, 0) is 4.74 Å². The topological polar surface area (TPSA) is 12.5 Å². The Morgan fingerprint density at radius 2 is 1.72 bits per heavy atom. The molecule has 0 aromatic rings. The molecule has 1 saturated heterocycles. The first-order chi connectivity index (χ1) is 8.72. The first-order valence-corrected chi connectivity index (χ1v) is 8.70. The number of methoxy groups -OCH3 is 1. The van der Waals surface area contributed by atoms with E-state index in [1.54, 1.807) is 0 Å². The van der Waals surface area contributed by atoms with Gasteiger partial charge in [-0.15, -0.1) is 0 Å². The van der Waals surface area contributed by atoms with Gasteiger partial charge >= 0.3 is 0 Å². The molecule has 0 spiro atoms. The van der Waals surface area contributed by atoms with Gasteiger partial charge in [0.2, 0.25) is 0 Å². The number of hydrogen-bond donors (Lipinski definition) is 0. The number of ether oxygens (including phenoxy) is 1. The molecule has 0 bridgehead atoms. The molecule has 0 aromatic carbocycles. The maximum absolute atomic E-state index is 5.60. The van der Waals surface area contributed by atoms with Gasteiger partial charge in [-0.05, 0) is 31.7 Å². The second kappa shape index (κ2) is 10.1. The van der Waals surface area contributed by atoms with Crippen molar-refractivity contribution in [2.45, 2.75) is 52.1 Å². The van der Waals surface area contributed by atoms with E-state index in [0.717, 1.165) is 5.92 Å². The molecule has 0 aliphatic carbocycles. The summed E-state index contributed by atoms with van der Waals surface area (Å²) in [6.45, 7) is 8.45. The minimum absolute atomic E-state index is 0.489. The van der Waals surface area contributed by atoms with Gasteiger partial charge < -0.3 is 9.64 Å². The molecule has 1 atom stereocenters. The number of rotatable bonds is 9. The summed E-state index contributed by atoms with van der Waals surface area (Å²) < 4.78 is 5.60. The van der Waals surface area contributed by atoms with Crippen LogP contribution in [-0.4, -0.2) is 49.3 Å². The van der Waals surface area contributed by atoms with Crippen LogP contribution in [0.1, 0.15) is 46.0 Å². The van der Waals surface area contributed by atoms with Gasteiger partial charge in [-0.2, -0.15) is 11.8 Å². The number of nitrogens with zero attached hydrogens (tertiary/aromatic N) is 1. The lowest BCUT2D eigenvalue weighted by Crippen LogP contribution is -2.33. The summed E-state index contributed by atoms with van der Waals surface area (Å²) in [5.74, 6) is 3.47. The molecule has 0 radical (unpaired) electrons. The van der Waals surface area contributed by atoms with Crippen LogP contribution in [0.5, 0.6) is 0 Å². The first-order valence-electron chi connectivity index (χ1n) is 7.55. The molecule has 1 rings (SSSR count). The van der Waals surface area contributed by atoms with E-state index in [4.69, 9.17) is 4.74 Å². The van der Waals surface area contributed by atoms with Gasteiger partial charge in [-0.1, -0.05) is 26.7 Å². The highest BCUT2D eigenvalue weighted by molar-refractivity contribution is 7.99. The van der Waals surface area contributed by atoms with Gasteiger partial charge in [-0.3, -0.25) is 0 Å². The third-order valence-electron chi connectivity index (χ3n) is 3.75. The summed E-state index contributed by atoms with van der Waals surface area (Å²) in [7, 11) is 1.87. The van der Waals surface area contributed by atoms with Crippen LogP contribution in [0.4, 0.5) is 0 Å². The molecule has 1 aliphatic rings. The van der Waals surface area contributed by atoms with Crippen molar-refractivity contribution in [3.05, 3.63) is 0 Å². The average Bonchev–Trinajstić information content (AvgIpc) is 2.38. The van der Waals surface area contributed by atoms with E-state index in [-0.39, 0.29) is 0 Å². The molecule has 0 saturated carbocycles. The molecule has 0 aromatic heterocycles. The normalized spacial score (nSPS) is 19.3. The van der Waals surface area contributed by atoms with Gasteiger partial charge in [0.15, 0.2) is 0 Å². The molecule has 0 N–H and O–H groups in total. The molecule has 108 valence electrons. The minimum atomic E-state index is 0.489. The molecule has 1 aliphatic heterocycles. The van der Waals surface area contributed by atoms with Crippen molar-refractivity contribution in [2.24, 2.45) is 5.92 Å². The fourth-order valence-corrected chi connectivity index (χ4v) is 3.48. The Kier molecular flexibility index (Phi) is 9.16. The van der Waals surface area contributed by atoms with Crippen molar-refractivity contribution in [3.8, 4) is 0 Å². The summed E-state index contributed by atoms with van der Waals surface area (Å²) in [5, 5.41) is 0. The highest BCUT2D eigenvalue weighted by Gasteiger charge is 2.12. The summed E-state index contributed by atoms with van der Waals surface area (Å²) in [4.78, 5) is 2.61. The lowest BCUT2D eigenvalue weighted by molar-refractivity contribution is 0.0802. The summed E-state index contributed by atoms with van der Waals surface area (Å²) in [6, 6.07) is 0. The van der Waals surface area contributed by atoms with E-state index in [0.29, 0.717) is 6.10 Å². The Morgan fingerprint density at radius 1 is 1.06 bits per heavy atom. The van der Waals surface area contributed by atoms with E-state index in [1.807, 2.05) is 7.11 Å². The lowest BCUT2D eigenvalue weighted by atomic mass is 10.0. The Hall–Kier alpha value is 0.270. The van der Waals surface area contributed by atoms with Crippen molar-refractivity contribution in [3.63, 3.8) is 0 Å². The fourth-order valence-electron chi connectivity index (χ4n) is 2.50. The lowest BCUT2D eigenvalue weighted by Gasteiger charge is -2.26. The van der Waals surface area contributed by atoms with Crippen LogP contribution >= 0.6 is 11.8 Å². The van der Waals surface area contributed by atoms with Crippen LogP contribution < -0.4 is 0 Å². The van der Waals surface area contributed by atoms with Gasteiger partial charge in [-0.25, -0.2) is 0 Å². The van der Waals surface area contributed by atoms with Crippen LogP contribution in [0.25, 0.3) is 0 Å². The fraction of sp³-hybridized carbons (Fsp3) is 1.00. The van der Waals surface area contributed by atoms with E-state index >= 15 is 0 Å². The largest absolute Gasteiger partial charge is 0.381 e. The summed E-state index contributed by atoms with van der Waals surface area (Å²) in [6.07, 6.45) is 6.91. The smallest absolute Gasteiger partial charge is 0.0571 e. The quantitative estimate of drug-likeness (QED) is 0.636. The minimum Gasteiger partial charge on any atom is -0.381 e. The van der Waals surface area contributed by atoms with Crippen LogP contribution in [0.15, 0.2) is 0 Å². The van der Waals surface area contributed by atoms with Crippen molar-refractivity contribution in [1.29, 1.82) is 0 Å². The summed E-state index contributed by atoms with van der Waals surface area (Å²) in [5.41, 5.74) is 0. The zero-order valence-electron chi connectivity index (χ0n) is 12.5. The standard InChI is InChI=1S/C15H31NOS/c1-14(2)6-4-7-15(17-3)8-5-9-16-10-12-18-13-11-16/h14-15H,4-13H2,1-3H3/t15-/m1/s1. The predicted molar refractivity (Wildman–Crippen MR) is 82.5 cm³/mol. The molecule has 2 nitrogen and oxygen atoms in total.